The van der Waals surface area contributed by atoms with E-state index >= 15 is 0 Å². The molecule has 1 N–H and O–H groups in total. The van der Waals surface area contributed by atoms with Crippen molar-refractivity contribution in [3.8, 4) is 0 Å². The lowest BCUT2D eigenvalue weighted by molar-refractivity contribution is -0.198. The fourth-order valence-electron chi connectivity index (χ4n) is 2.30. The van der Waals surface area contributed by atoms with Gasteiger partial charge in [-0.05, 0) is 13.8 Å². The second-order valence-corrected chi connectivity index (χ2v) is 4.43. The molecule has 3 rings (SSSR count). The van der Waals surface area contributed by atoms with Crippen LogP contribution in [0.5, 0.6) is 0 Å². The molecular formula is C9H14O5. The van der Waals surface area contributed by atoms with Crippen LogP contribution in [0.25, 0.3) is 0 Å². The maximum Gasteiger partial charge on any atom is 0.187 e. The largest absolute Gasteiger partial charge is 0.387 e. The molecule has 14 heavy (non-hydrogen) atoms. The summed E-state index contributed by atoms with van der Waals surface area (Å²) in [6, 6.07) is 0. The number of hydrogen-bond donors (Lipinski definition) is 1. The monoisotopic (exact) mass is 202 g/mol. The molecule has 3 saturated heterocycles. The van der Waals surface area contributed by atoms with Gasteiger partial charge in [0.1, 0.15) is 24.4 Å². The van der Waals surface area contributed by atoms with Gasteiger partial charge in [-0.1, -0.05) is 0 Å². The smallest absolute Gasteiger partial charge is 0.187 e. The molecule has 0 aliphatic carbocycles. The molecule has 5 nitrogen and oxygen atoms in total. The molecule has 80 valence electrons. The quantitative estimate of drug-likeness (QED) is 0.580. The van der Waals surface area contributed by atoms with Crippen molar-refractivity contribution in [2.75, 3.05) is 6.61 Å². The van der Waals surface area contributed by atoms with E-state index in [-0.39, 0.29) is 24.6 Å². The molecule has 5 heteroatoms. The first kappa shape index (κ1) is 9.06. The lowest BCUT2D eigenvalue weighted by atomic mass is 10.0. The minimum atomic E-state index is -0.659. The number of aliphatic hydroxyl groups is 1. The van der Waals surface area contributed by atoms with E-state index in [1.54, 1.807) is 0 Å². The van der Waals surface area contributed by atoms with E-state index in [0.29, 0.717) is 6.61 Å². The zero-order valence-electron chi connectivity index (χ0n) is 8.17. The Hall–Kier alpha value is -0.200. The topological polar surface area (TPSA) is 57.2 Å². The molecule has 0 aromatic heterocycles. The van der Waals surface area contributed by atoms with Gasteiger partial charge in [0.05, 0.1) is 6.61 Å². The Morgan fingerprint density at radius 2 is 1.93 bits per heavy atom. The number of ether oxygens (including phenoxy) is 4. The van der Waals surface area contributed by atoms with Gasteiger partial charge in [0, 0.05) is 0 Å². The Labute approximate surface area is 81.9 Å². The number of hydrogen-bond acceptors (Lipinski definition) is 5. The Bertz CT molecular complexity index is 246. The summed E-state index contributed by atoms with van der Waals surface area (Å²) in [6.07, 6.45) is -1.93. The van der Waals surface area contributed by atoms with Crippen LogP contribution in [0.1, 0.15) is 13.8 Å². The van der Waals surface area contributed by atoms with Crippen LogP contribution in [0, 0.1) is 0 Å². The molecule has 0 saturated carbocycles. The molecule has 0 amide bonds. The second kappa shape index (κ2) is 2.68. The van der Waals surface area contributed by atoms with Crippen molar-refractivity contribution in [3.05, 3.63) is 0 Å². The van der Waals surface area contributed by atoms with Crippen LogP contribution in [-0.2, 0) is 18.9 Å². The van der Waals surface area contributed by atoms with Gasteiger partial charge in [0.15, 0.2) is 12.1 Å². The van der Waals surface area contributed by atoms with Gasteiger partial charge in [-0.3, -0.25) is 0 Å². The zero-order chi connectivity index (χ0) is 9.92. The summed E-state index contributed by atoms with van der Waals surface area (Å²) >= 11 is 0. The van der Waals surface area contributed by atoms with Crippen molar-refractivity contribution in [1.29, 1.82) is 0 Å². The Kier molecular flexibility index (Phi) is 1.73. The highest BCUT2D eigenvalue weighted by Crippen LogP contribution is 2.40. The predicted molar refractivity (Wildman–Crippen MR) is 44.4 cm³/mol. The van der Waals surface area contributed by atoms with Crippen molar-refractivity contribution in [3.63, 3.8) is 0 Å². The van der Waals surface area contributed by atoms with Crippen molar-refractivity contribution < 1.29 is 24.1 Å². The van der Waals surface area contributed by atoms with Crippen LogP contribution in [0.2, 0.25) is 0 Å². The average Bonchev–Trinajstić information content (AvgIpc) is 2.64. The first-order valence-corrected chi connectivity index (χ1v) is 4.88. The minimum Gasteiger partial charge on any atom is -0.387 e. The number of rotatable bonds is 0. The van der Waals surface area contributed by atoms with Crippen LogP contribution in [0.3, 0.4) is 0 Å². The Morgan fingerprint density at radius 3 is 2.71 bits per heavy atom. The zero-order valence-corrected chi connectivity index (χ0v) is 8.17. The number of aliphatic hydroxyl groups excluding tert-OH is 1. The van der Waals surface area contributed by atoms with E-state index in [4.69, 9.17) is 18.9 Å². The van der Waals surface area contributed by atoms with Gasteiger partial charge in [0.25, 0.3) is 0 Å². The molecule has 0 unspecified atom stereocenters. The van der Waals surface area contributed by atoms with Crippen LogP contribution in [0.4, 0.5) is 0 Å². The Morgan fingerprint density at radius 1 is 1.21 bits per heavy atom. The highest BCUT2D eigenvalue weighted by atomic mass is 16.8. The molecule has 3 aliphatic heterocycles. The van der Waals surface area contributed by atoms with Crippen LogP contribution in [-0.4, -0.2) is 48.2 Å². The normalized spacial score (nSPS) is 54.6. The van der Waals surface area contributed by atoms with E-state index in [1.165, 1.54) is 0 Å². The fourth-order valence-corrected chi connectivity index (χ4v) is 2.30. The Balaban J connectivity index is 1.88. The van der Waals surface area contributed by atoms with Gasteiger partial charge >= 0.3 is 0 Å². The maximum absolute atomic E-state index is 9.89. The van der Waals surface area contributed by atoms with Gasteiger partial charge in [-0.2, -0.15) is 0 Å². The summed E-state index contributed by atoms with van der Waals surface area (Å²) in [7, 11) is 0. The summed E-state index contributed by atoms with van der Waals surface area (Å²) in [6.45, 7) is 4.07. The number of fused-ring (bicyclic) bond motifs is 4. The molecule has 3 fully saturated rings. The van der Waals surface area contributed by atoms with E-state index in [1.807, 2.05) is 13.8 Å². The third-order valence-corrected chi connectivity index (χ3v) is 2.88. The molecule has 2 bridgehead atoms. The molecule has 0 aromatic rings. The molecule has 5 atom stereocenters. The maximum atomic E-state index is 9.89. The summed E-state index contributed by atoms with van der Waals surface area (Å²) < 4.78 is 22.0. The van der Waals surface area contributed by atoms with Gasteiger partial charge in [0.2, 0.25) is 0 Å². The SMILES string of the molecule is CC1(C)O[C@@H]2[C@@H]3OC[C@@H](O3)[C@H](O)[C@@H]2O1. The van der Waals surface area contributed by atoms with Crippen LogP contribution < -0.4 is 0 Å². The summed E-state index contributed by atoms with van der Waals surface area (Å²) in [5, 5.41) is 9.89. The molecule has 3 heterocycles. The molecule has 0 radical (unpaired) electrons. The highest BCUT2D eigenvalue weighted by molar-refractivity contribution is 4.98. The third kappa shape index (κ3) is 1.14. The fraction of sp³-hybridized carbons (Fsp3) is 1.00. The van der Waals surface area contributed by atoms with Gasteiger partial charge < -0.3 is 24.1 Å². The predicted octanol–water partition coefficient (Wildman–Crippen LogP) is -0.378. The summed E-state index contributed by atoms with van der Waals surface area (Å²) in [4.78, 5) is 0. The van der Waals surface area contributed by atoms with Crippen LogP contribution in [0.15, 0.2) is 0 Å². The van der Waals surface area contributed by atoms with E-state index in [0.717, 1.165) is 0 Å². The van der Waals surface area contributed by atoms with Crippen LogP contribution >= 0.6 is 0 Å². The van der Waals surface area contributed by atoms with Crippen molar-refractivity contribution in [1.82, 2.24) is 0 Å². The van der Waals surface area contributed by atoms with Gasteiger partial charge in [-0.15, -0.1) is 0 Å². The first-order valence-electron chi connectivity index (χ1n) is 4.88. The second-order valence-electron chi connectivity index (χ2n) is 4.43. The van der Waals surface area contributed by atoms with Crippen molar-refractivity contribution in [2.24, 2.45) is 0 Å². The van der Waals surface area contributed by atoms with Crippen molar-refractivity contribution >= 4 is 0 Å². The van der Waals surface area contributed by atoms with Crippen molar-refractivity contribution in [2.45, 2.75) is 50.3 Å². The van der Waals surface area contributed by atoms with E-state index in [9.17, 15) is 5.11 Å². The minimum absolute atomic E-state index is 0.265. The third-order valence-electron chi connectivity index (χ3n) is 2.88. The molecular weight excluding hydrogens is 188 g/mol. The first-order chi connectivity index (χ1) is 6.57. The summed E-state index contributed by atoms with van der Waals surface area (Å²) in [5.41, 5.74) is 0. The van der Waals surface area contributed by atoms with Gasteiger partial charge in [-0.25, -0.2) is 0 Å². The lowest BCUT2D eigenvalue weighted by Crippen LogP contribution is -2.52. The molecule has 3 aliphatic rings. The molecule has 0 spiro atoms. The standard InChI is InChI=1S/C9H14O5/c1-9(2)13-6-5(10)4-3-11-8(12-4)7(6)14-9/h4-8,10H,3H2,1-2H3/t4-,5+,6+,7+,8-/m1/s1. The average molecular weight is 202 g/mol. The summed E-state index contributed by atoms with van der Waals surface area (Å²) in [5.74, 6) is -0.659. The van der Waals surface area contributed by atoms with E-state index in [2.05, 4.69) is 0 Å². The molecule has 0 aromatic carbocycles. The lowest BCUT2D eigenvalue weighted by Gasteiger charge is -2.31. The highest BCUT2D eigenvalue weighted by Gasteiger charge is 2.58. The van der Waals surface area contributed by atoms with E-state index < -0.39 is 11.9 Å².